The Morgan fingerprint density at radius 2 is 1.47 bits per heavy atom. The van der Waals surface area contributed by atoms with Gasteiger partial charge in [0, 0.05) is 22.5 Å². The van der Waals surface area contributed by atoms with Crippen LogP contribution < -0.4 is 5.32 Å². The molecule has 1 atom stereocenters. The van der Waals surface area contributed by atoms with Gasteiger partial charge in [-0.3, -0.25) is 0 Å². The Balaban J connectivity index is 1.55. The number of hydrogen-bond donors (Lipinski definition) is 2. The Labute approximate surface area is 190 Å². The highest BCUT2D eigenvalue weighted by Gasteiger charge is 2.17. The fraction of sp³-hybridized carbons (Fsp3) is 0.0400. The minimum Gasteiger partial charge on any atom is -0.382 e. The average Bonchev–Trinajstić information content (AvgIpc) is 2.84. The predicted octanol–water partition coefficient (Wildman–Crippen LogP) is 5.37. The number of hydrogen-bond acceptors (Lipinski definition) is 6. The lowest BCUT2D eigenvalue weighted by Crippen LogP contribution is -2.06. The minimum absolute atomic E-state index is 0.316. The molecule has 1 unspecified atom stereocenters. The lowest BCUT2D eigenvalue weighted by atomic mass is 9.99. The Morgan fingerprint density at radius 3 is 2.09 bits per heavy atom. The van der Waals surface area contributed by atoms with E-state index < -0.39 is 6.10 Å². The molecular formula is C25H16ClN5O. The van der Waals surface area contributed by atoms with E-state index in [9.17, 15) is 5.11 Å². The first-order chi connectivity index (χ1) is 15.6. The van der Waals surface area contributed by atoms with Gasteiger partial charge in [0.05, 0.1) is 29.0 Å². The van der Waals surface area contributed by atoms with Gasteiger partial charge >= 0.3 is 0 Å². The SMILES string of the molecule is N#Cc1ccc(Nc2nccc(C(O)c3ccc(-c4ccc(C#N)cc4)cc3Cl)n2)cc1. The van der Waals surface area contributed by atoms with Crippen LogP contribution in [0, 0.1) is 22.7 Å². The molecule has 0 aliphatic heterocycles. The Morgan fingerprint density at radius 1 is 0.844 bits per heavy atom. The predicted molar refractivity (Wildman–Crippen MR) is 122 cm³/mol. The van der Waals surface area contributed by atoms with Gasteiger partial charge in [-0.15, -0.1) is 0 Å². The smallest absolute Gasteiger partial charge is 0.227 e. The van der Waals surface area contributed by atoms with E-state index in [1.807, 2.05) is 18.2 Å². The summed E-state index contributed by atoms with van der Waals surface area (Å²) in [6.07, 6.45) is 0.512. The molecule has 0 aliphatic carbocycles. The van der Waals surface area contributed by atoms with E-state index in [1.165, 1.54) is 0 Å². The molecule has 6 nitrogen and oxygen atoms in total. The Bertz CT molecular complexity index is 1340. The molecule has 0 aliphatic rings. The fourth-order valence-corrected chi connectivity index (χ4v) is 3.45. The van der Waals surface area contributed by atoms with Gasteiger partial charge in [-0.1, -0.05) is 35.9 Å². The van der Waals surface area contributed by atoms with E-state index in [1.54, 1.807) is 60.8 Å². The third-order valence-corrected chi connectivity index (χ3v) is 5.20. The molecule has 0 saturated heterocycles. The molecule has 154 valence electrons. The highest BCUT2D eigenvalue weighted by molar-refractivity contribution is 6.31. The third-order valence-electron chi connectivity index (χ3n) is 4.87. The summed E-state index contributed by atoms with van der Waals surface area (Å²) in [4.78, 5) is 8.59. The van der Waals surface area contributed by atoms with Gasteiger partial charge in [0.2, 0.25) is 5.95 Å². The van der Waals surface area contributed by atoms with Gasteiger partial charge in [-0.2, -0.15) is 10.5 Å². The number of aromatic nitrogens is 2. The first kappa shape index (κ1) is 21.0. The van der Waals surface area contributed by atoms with E-state index in [-0.39, 0.29) is 0 Å². The van der Waals surface area contributed by atoms with Crippen LogP contribution >= 0.6 is 11.6 Å². The maximum absolute atomic E-state index is 10.9. The van der Waals surface area contributed by atoms with Crippen molar-refractivity contribution < 1.29 is 5.11 Å². The molecule has 2 N–H and O–H groups in total. The zero-order chi connectivity index (χ0) is 22.5. The number of anilines is 2. The summed E-state index contributed by atoms with van der Waals surface area (Å²) in [5, 5.41) is 32.2. The van der Waals surface area contributed by atoms with Gasteiger partial charge in [0.15, 0.2) is 0 Å². The maximum atomic E-state index is 10.9. The zero-order valence-electron chi connectivity index (χ0n) is 16.7. The van der Waals surface area contributed by atoms with Crippen molar-refractivity contribution in [1.82, 2.24) is 9.97 Å². The summed E-state index contributed by atoms with van der Waals surface area (Å²) < 4.78 is 0. The van der Waals surface area contributed by atoms with Crippen molar-refractivity contribution in [1.29, 1.82) is 10.5 Å². The average molecular weight is 438 g/mol. The number of nitrogens with zero attached hydrogens (tertiary/aromatic N) is 4. The lowest BCUT2D eigenvalue weighted by molar-refractivity contribution is 0.215. The van der Waals surface area contributed by atoms with Crippen molar-refractivity contribution >= 4 is 23.2 Å². The quantitative estimate of drug-likeness (QED) is 0.435. The monoisotopic (exact) mass is 437 g/mol. The number of nitriles is 2. The first-order valence-corrected chi connectivity index (χ1v) is 10.0. The van der Waals surface area contributed by atoms with Crippen LogP contribution in [0.2, 0.25) is 5.02 Å². The van der Waals surface area contributed by atoms with Crippen molar-refractivity contribution in [2.45, 2.75) is 6.10 Å². The fourth-order valence-electron chi connectivity index (χ4n) is 3.17. The van der Waals surface area contributed by atoms with Crippen LogP contribution in [-0.2, 0) is 0 Å². The van der Waals surface area contributed by atoms with Crippen LogP contribution in [0.15, 0.2) is 79.0 Å². The standard InChI is InChI=1S/C25H16ClN5O/c26-22-13-19(18-5-1-16(14-27)2-6-18)7-10-21(22)24(32)23-11-12-29-25(31-23)30-20-8-3-17(15-28)4-9-20/h1-13,24,32H,(H,29,30,31). The second-order valence-corrected chi connectivity index (χ2v) is 7.35. The summed E-state index contributed by atoms with van der Waals surface area (Å²) in [5.74, 6) is 0.316. The van der Waals surface area contributed by atoms with Gasteiger partial charge in [0.1, 0.15) is 6.10 Å². The number of benzene rings is 3. The van der Waals surface area contributed by atoms with Crippen molar-refractivity contribution in [3.63, 3.8) is 0 Å². The van der Waals surface area contributed by atoms with E-state index in [0.717, 1.165) is 16.8 Å². The van der Waals surface area contributed by atoms with Crippen LogP contribution in [-0.4, -0.2) is 15.1 Å². The number of halogens is 1. The summed E-state index contributed by atoms with van der Waals surface area (Å²) in [6, 6.07) is 25.3. The van der Waals surface area contributed by atoms with Gasteiger partial charge in [-0.05, 0) is 59.7 Å². The molecule has 3 aromatic carbocycles. The maximum Gasteiger partial charge on any atom is 0.227 e. The summed E-state index contributed by atoms with van der Waals surface area (Å²) in [6.45, 7) is 0. The van der Waals surface area contributed by atoms with Crippen molar-refractivity contribution in [2.75, 3.05) is 5.32 Å². The number of nitrogens with one attached hydrogen (secondary N) is 1. The largest absolute Gasteiger partial charge is 0.382 e. The second-order valence-electron chi connectivity index (χ2n) is 6.95. The Kier molecular flexibility index (Phi) is 6.10. The molecule has 4 aromatic rings. The van der Waals surface area contributed by atoms with Gasteiger partial charge in [-0.25, -0.2) is 9.97 Å². The normalized spacial score (nSPS) is 11.2. The van der Waals surface area contributed by atoms with Crippen LogP contribution in [0.5, 0.6) is 0 Å². The second kappa shape index (κ2) is 9.28. The van der Waals surface area contributed by atoms with Gasteiger partial charge in [0.25, 0.3) is 0 Å². The minimum atomic E-state index is -1.04. The molecule has 4 rings (SSSR count). The molecular weight excluding hydrogens is 422 g/mol. The Hall–Kier alpha value is -4.23. The van der Waals surface area contributed by atoms with E-state index in [0.29, 0.717) is 33.4 Å². The molecule has 1 heterocycles. The summed E-state index contributed by atoms with van der Waals surface area (Å²) in [7, 11) is 0. The van der Waals surface area contributed by atoms with Crippen molar-refractivity contribution in [2.24, 2.45) is 0 Å². The number of rotatable bonds is 5. The van der Waals surface area contributed by atoms with E-state index >= 15 is 0 Å². The molecule has 0 amide bonds. The molecule has 0 radical (unpaired) electrons. The van der Waals surface area contributed by atoms with Crippen LogP contribution in [0.3, 0.4) is 0 Å². The first-order valence-electron chi connectivity index (χ1n) is 9.65. The molecule has 32 heavy (non-hydrogen) atoms. The van der Waals surface area contributed by atoms with Gasteiger partial charge < -0.3 is 10.4 Å². The molecule has 1 aromatic heterocycles. The highest BCUT2D eigenvalue weighted by Crippen LogP contribution is 2.32. The lowest BCUT2D eigenvalue weighted by Gasteiger charge is -2.14. The molecule has 0 spiro atoms. The molecule has 0 fully saturated rings. The van der Waals surface area contributed by atoms with Crippen molar-refractivity contribution in [3.05, 3.63) is 106 Å². The summed E-state index contributed by atoms with van der Waals surface area (Å²) in [5.41, 5.74) is 4.57. The molecule has 0 bridgehead atoms. The number of aliphatic hydroxyl groups excluding tert-OH is 1. The zero-order valence-corrected chi connectivity index (χ0v) is 17.5. The third kappa shape index (κ3) is 4.58. The molecule has 7 heteroatoms. The number of aliphatic hydroxyl groups is 1. The van der Waals surface area contributed by atoms with E-state index in [2.05, 4.69) is 27.4 Å². The van der Waals surface area contributed by atoms with Crippen molar-refractivity contribution in [3.8, 4) is 23.3 Å². The topological polar surface area (TPSA) is 106 Å². The molecule has 0 saturated carbocycles. The summed E-state index contributed by atoms with van der Waals surface area (Å²) >= 11 is 6.48. The van der Waals surface area contributed by atoms with Crippen LogP contribution in [0.1, 0.15) is 28.5 Å². The highest BCUT2D eigenvalue weighted by atomic mass is 35.5. The van der Waals surface area contributed by atoms with Crippen LogP contribution in [0.4, 0.5) is 11.6 Å². The van der Waals surface area contributed by atoms with Crippen LogP contribution in [0.25, 0.3) is 11.1 Å². The van der Waals surface area contributed by atoms with E-state index in [4.69, 9.17) is 22.1 Å².